The maximum atomic E-state index is 14.1. The van der Waals surface area contributed by atoms with Gasteiger partial charge >= 0.3 is 11.9 Å². The molecule has 13 nitrogen and oxygen atoms in total. The van der Waals surface area contributed by atoms with Crippen molar-refractivity contribution < 1.29 is 52.9 Å². The van der Waals surface area contributed by atoms with Gasteiger partial charge in [0, 0.05) is 55.8 Å². The summed E-state index contributed by atoms with van der Waals surface area (Å²) >= 11 is 2.84. The van der Waals surface area contributed by atoms with Gasteiger partial charge in [-0.3, -0.25) is 28.9 Å². The lowest BCUT2D eigenvalue weighted by Gasteiger charge is -2.50. The number of esters is 2. The largest absolute Gasteiger partial charge is 0.465 e. The maximum absolute atomic E-state index is 14.1. The molecule has 4 aliphatic rings. The Balaban J connectivity index is 0.00000138. The molecular weight excluding hydrogens is 733 g/mol. The van der Waals surface area contributed by atoms with Crippen molar-refractivity contribution in [2.45, 2.75) is 70.9 Å². The van der Waals surface area contributed by atoms with E-state index in [2.05, 4.69) is 4.74 Å². The van der Waals surface area contributed by atoms with Crippen molar-refractivity contribution in [3.05, 3.63) is 54.5 Å². The molecular formula is C36H48N2O11S3. The highest BCUT2D eigenvalue weighted by Gasteiger charge is 2.59. The zero-order valence-corrected chi connectivity index (χ0v) is 34.1. The zero-order valence-electron chi connectivity index (χ0n) is 31.7. The number of anilines is 1. The first-order valence-corrected chi connectivity index (χ1v) is 18.7. The Morgan fingerprint density at radius 1 is 0.865 bits per heavy atom. The van der Waals surface area contributed by atoms with E-state index in [9.17, 15) is 33.6 Å². The van der Waals surface area contributed by atoms with Gasteiger partial charge in [-0.25, -0.2) is 9.59 Å². The molecule has 0 saturated carbocycles. The van der Waals surface area contributed by atoms with Crippen molar-refractivity contribution in [2.24, 2.45) is 0 Å². The molecule has 0 radical (unpaired) electrons. The molecule has 4 heterocycles. The third kappa shape index (κ3) is 8.73. The second-order valence-corrected chi connectivity index (χ2v) is 14.6. The molecule has 5 rings (SSSR count). The van der Waals surface area contributed by atoms with E-state index in [1.165, 1.54) is 19.1 Å². The number of hydrogen-bond acceptors (Lipinski definition) is 14. The van der Waals surface area contributed by atoms with Crippen molar-refractivity contribution in [3.63, 3.8) is 0 Å². The molecule has 1 saturated heterocycles. The summed E-state index contributed by atoms with van der Waals surface area (Å²) in [4.78, 5) is 92.8. The highest BCUT2D eigenvalue weighted by atomic mass is 32.2. The Morgan fingerprint density at radius 2 is 1.38 bits per heavy atom. The number of nitrogens with zero attached hydrogens (tertiary/aromatic N) is 2. The first-order chi connectivity index (χ1) is 24.8. The number of likely N-dealkylation sites (tertiary alicyclic amines) is 1. The van der Waals surface area contributed by atoms with Crippen molar-refractivity contribution in [3.8, 4) is 0 Å². The van der Waals surface area contributed by atoms with Crippen LogP contribution in [-0.4, -0.2) is 104 Å². The number of methoxy groups -OCH3 is 3. The van der Waals surface area contributed by atoms with Crippen LogP contribution in [-0.2, 0) is 47.8 Å². The van der Waals surface area contributed by atoms with Crippen LogP contribution in [0.1, 0.15) is 65.5 Å². The standard InChI is InChI=1S/C29H26N2O9S3.C2H6O.2C2H6.CH4O/c1-14-6-7-15-17(10-14)31(21(36)11-30-19(34)8-9-20(30)35)28(2,3)25-22(15)29(16(12-32)23(41-25)26(37)39-4)42-18(13-33)24(43-29)27(38)40-5;1-3-2;3*1-2/h6-7,10,12-13H,8-9,11H2,1-5H3;1-2H3;2*1-2H3;2H,1H3. The van der Waals surface area contributed by atoms with Crippen molar-refractivity contribution in [1.29, 1.82) is 0 Å². The van der Waals surface area contributed by atoms with Gasteiger partial charge < -0.3 is 24.2 Å². The molecule has 52 heavy (non-hydrogen) atoms. The van der Waals surface area contributed by atoms with Crippen LogP contribution in [0.25, 0.3) is 5.57 Å². The third-order valence-electron chi connectivity index (χ3n) is 7.53. The van der Waals surface area contributed by atoms with Crippen molar-refractivity contribution in [2.75, 3.05) is 47.0 Å². The summed E-state index contributed by atoms with van der Waals surface area (Å²) in [6, 6.07) is 5.37. The fourth-order valence-electron chi connectivity index (χ4n) is 5.58. The fourth-order valence-corrected chi connectivity index (χ4v) is 10.4. The molecule has 16 heteroatoms. The van der Waals surface area contributed by atoms with Crippen LogP contribution in [0.3, 0.4) is 0 Å². The number of carbonyl (C=O) groups excluding carboxylic acids is 7. The summed E-state index contributed by atoms with van der Waals surface area (Å²) < 4.78 is 12.7. The number of hydrogen-bond donors (Lipinski definition) is 1. The number of aryl methyl sites for hydroxylation is 1. The van der Waals surface area contributed by atoms with Gasteiger partial charge in [0.15, 0.2) is 6.29 Å². The number of fused-ring (bicyclic) bond motifs is 3. The van der Waals surface area contributed by atoms with Crippen LogP contribution in [0.15, 0.2) is 43.4 Å². The summed E-state index contributed by atoms with van der Waals surface area (Å²) in [5, 5.41) is 7.00. The second kappa shape index (κ2) is 20.5. The number of thioether (sulfide) groups is 3. The van der Waals surface area contributed by atoms with Gasteiger partial charge in [0.25, 0.3) is 0 Å². The minimum Gasteiger partial charge on any atom is -0.465 e. The van der Waals surface area contributed by atoms with E-state index in [0.29, 0.717) is 34.3 Å². The second-order valence-electron chi connectivity index (χ2n) is 10.9. The number of allylic oxidation sites excluding steroid dienone is 1. The minimum absolute atomic E-state index is 0.00767. The molecule has 1 unspecified atom stereocenters. The van der Waals surface area contributed by atoms with E-state index in [4.69, 9.17) is 14.6 Å². The van der Waals surface area contributed by atoms with Gasteiger partial charge in [0.1, 0.15) is 26.7 Å². The van der Waals surface area contributed by atoms with Crippen LogP contribution in [0.4, 0.5) is 5.69 Å². The van der Waals surface area contributed by atoms with Crippen LogP contribution in [0, 0.1) is 6.92 Å². The fraction of sp³-hybridized carbons (Fsp3) is 0.472. The molecule has 1 atom stereocenters. The van der Waals surface area contributed by atoms with Gasteiger partial charge in [0.2, 0.25) is 17.7 Å². The number of imide groups is 1. The number of aliphatic hydroxyl groups excluding tert-OH is 1. The molecule has 0 aromatic heterocycles. The van der Waals surface area contributed by atoms with Gasteiger partial charge in [-0.2, -0.15) is 0 Å². The van der Waals surface area contributed by atoms with Gasteiger partial charge in [-0.05, 0) is 32.4 Å². The minimum atomic E-state index is -1.50. The first kappa shape index (κ1) is 46.3. The van der Waals surface area contributed by atoms with E-state index in [1.54, 1.807) is 40.2 Å². The van der Waals surface area contributed by atoms with E-state index in [-0.39, 0.29) is 33.1 Å². The average molecular weight is 781 g/mol. The number of benzene rings is 1. The van der Waals surface area contributed by atoms with Gasteiger partial charge in [-0.15, -0.1) is 0 Å². The lowest BCUT2D eigenvalue weighted by Crippen LogP contribution is -2.56. The van der Waals surface area contributed by atoms with Crippen LogP contribution < -0.4 is 4.90 Å². The van der Waals surface area contributed by atoms with Crippen LogP contribution in [0.5, 0.6) is 0 Å². The zero-order chi connectivity index (χ0) is 40.1. The number of rotatable bonds is 6. The SMILES string of the molecule is CC.CC.CO.COC.COC(=O)C1=C(C=O)SC2(S1)C(C=O)=C(C(=O)OC)SC1=C2c2ccc(C)cc2N(C(=O)CN2C(=O)CCC2=O)C1(C)C. The Morgan fingerprint density at radius 3 is 1.87 bits per heavy atom. The summed E-state index contributed by atoms with van der Waals surface area (Å²) in [6.07, 6.45) is 1.09. The van der Waals surface area contributed by atoms with Gasteiger partial charge in [0.05, 0.1) is 30.4 Å². The topological polar surface area (TPSA) is 174 Å². The average Bonchev–Trinajstić information content (AvgIpc) is 3.69. The molecule has 1 spiro atoms. The van der Waals surface area contributed by atoms with E-state index < -0.39 is 45.8 Å². The first-order valence-electron chi connectivity index (χ1n) is 16.3. The van der Waals surface area contributed by atoms with Gasteiger partial charge in [-0.1, -0.05) is 75.1 Å². The molecule has 0 bridgehead atoms. The quantitative estimate of drug-likeness (QED) is 0.231. The number of carbonyl (C=O) groups is 7. The summed E-state index contributed by atoms with van der Waals surface area (Å²) in [7, 11) is 6.59. The molecule has 286 valence electrons. The molecule has 1 aromatic rings. The number of ether oxygens (including phenoxy) is 3. The molecule has 3 amide bonds. The predicted molar refractivity (Wildman–Crippen MR) is 205 cm³/mol. The Labute approximate surface area is 317 Å². The van der Waals surface area contributed by atoms with E-state index >= 15 is 0 Å². The highest BCUT2D eigenvalue weighted by molar-refractivity contribution is 8.26. The lowest BCUT2D eigenvalue weighted by molar-refractivity contribution is -0.142. The normalized spacial score (nSPS) is 19.4. The lowest BCUT2D eigenvalue weighted by atomic mass is 9.83. The number of aldehydes is 2. The van der Waals surface area contributed by atoms with E-state index in [0.717, 1.165) is 52.9 Å². The Bertz CT molecular complexity index is 1650. The highest BCUT2D eigenvalue weighted by Crippen LogP contribution is 2.70. The number of amides is 3. The molecule has 4 aliphatic heterocycles. The summed E-state index contributed by atoms with van der Waals surface area (Å²) in [5.74, 6) is -2.99. The monoisotopic (exact) mass is 780 g/mol. The Hall–Kier alpha value is -3.70. The van der Waals surface area contributed by atoms with E-state index in [1.807, 2.05) is 40.7 Å². The van der Waals surface area contributed by atoms with Crippen LogP contribution in [0.2, 0.25) is 0 Å². The van der Waals surface area contributed by atoms with Crippen molar-refractivity contribution in [1.82, 2.24) is 4.90 Å². The maximum Gasteiger partial charge on any atom is 0.345 e. The smallest absolute Gasteiger partial charge is 0.345 e. The van der Waals surface area contributed by atoms with Crippen molar-refractivity contribution >= 4 is 88.8 Å². The molecule has 1 N–H and O–H groups in total. The summed E-state index contributed by atoms with van der Waals surface area (Å²) in [5.41, 5.74) is 1.07. The predicted octanol–water partition coefficient (Wildman–Crippen LogP) is 5.04. The molecule has 1 aromatic carbocycles. The number of aliphatic hydroxyl groups is 1. The summed E-state index contributed by atoms with van der Waals surface area (Å²) in [6.45, 7) is 12.9. The van der Waals surface area contributed by atoms with Crippen LogP contribution >= 0.6 is 35.3 Å². The molecule has 1 fully saturated rings. The Kier molecular flexibility index (Phi) is 18.3. The third-order valence-corrected chi connectivity index (χ3v) is 12.2. The molecule has 0 aliphatic carbocycles.